The fourth-order valence-electron chi connectivity index (χ4n) is 0.547. The van der Waals surface area contributed by atoms with Gasteiger partial charge in [0.05, 0.1) is 5.92 Å². The molecule has 0 spiro atoms. The molecule has 1 aliphatic rings. The Kier molecular flexibility index (Phi) is 1.38. The molecule has 0 atom stereocenters. The van der Waals surface area contributed by atoms with Gasteiger partial charge in [-0.15, -0.1) is 0 Å². The minimum Gasteiger partial charge on any atom is -0.337 e. The molecule has 0 aromatic carbocycles. The molecule has 0 aliphatic carbocycles. The molecule has 0 aromatic rings. The SMILES string of the molecule is C[C]1CNC(=O)NC1=O. The molecule has 9 heavy (non-hydrogen) atoms. The average Bonchev–Trinajstić information content (AvgIpc) is 1.80. The second kappa shape index (κ2) is 2.05. The number of carbonyl (C=O) groups is 2. The number of imide groups is 1. The number of rotatable bonds is 0. The van der Waals surface area contributed by atoms with Crippen LogP contribution in [-0.4, -0.2) is 18.5 Å². The van der Waals surface area contributed by atoms with Gasteiger partial charge in [0.1, 0.15) is 0 Å². The van der Waals surface area contributed by atoms with Crippen LogP contribution in [0.2, 0.25) is 0 Å². The van der Waals surface area contributed by atoms with Crippen molar-refractivity contribution in [3.8, 4) is 0 Å². The van der Waals surface area contributed by atoms with Crippen molar-refractivity contribution in [2.75, 3.05) is 6.54 Å². The molecule has 4 nitrogen and oxygen atoms in total. The summed E-state index contributed by atoms with van der Waals surface area (Å²) in [4.78, 5) is 21.0. The van der Waals surface area contributed by atoms with E-state index < -0.39 is 6.03 Å². The van der Waals surface area contributed by atoms with Gasteiger partial charge in [0, 0.05) is 6.54 Å². The highest BCUT2D eigenvalue weighted by molar-refractivity contribution is 6.04. The number of urea groups is 1. The third kappa shape index (κ3) is 1.19. The summed E-state index contributed by atoms with van der Waals surface area (Å²) in [5, 5.41) is 4.56. The minimum absolute atomic E-state index is 0.279. The Morgan fingerprint density at radius 1 is 1.44 bits per heavy atom. The predicted molar refractivity (Wildman–Crippen MR) is 30.5 cm³/mol. The lowest BCUT2D eigenvalue weighted by molar-refractivity contribution is -0.118. The van der Waals surface area contributed by atoms with Gasteiger partial charge in [-0.25, -0.2) is 4.79 Å². The second-order valence-corrected chi connectivity index (χ2v) is 1.92. The van der Waals surface area contributed by atoms with Gasteiger partial charge in [0.2, 0.25) is 5.91 Å². The second-order valence-electron chi connectivity index (χ2n) is 1.92. The summed E-state index contributed by atoms with van der Waals surface area (Å²) in [5.74, 6) is 0.355. The molecule has 4 heteroatoms. The summed E-state index contributed by atoms with van der Waals surface area (Å²) in [5.41, 5.74) is 0. The standard InChI is InChI=1S/C5H7N2O2/c1-3-2-6-5(9)7-4(3)8/h2H2,1H3,(H2,6,7,8,9). The van der Waals surface area contributed by atoms with Crippen LogP contribution in [-0.2, 0) is 4.79 Å². The summed E-state index contributed by atoms with van der Waals surface area (Å²) in [6, 6.07) is -0.411. The molecule has 1 radical (unpaired) electrons. The topological polar surface area (TPSA) is 58.2 Å². The highest BCUT2D eigenvalue weighted by atomic mass is 16.2. The largest absolute Gasteiger partial charge is 0.337 e. The van der Waals surface area contributed by atoms with Gasteiger partial charge in [-0.05, 0) is 6.92 Å². The van der Waals surface area contributed by atoms with Gasteiger partial charge in [-0.3, -0.25) is 10.1 Å². The number of hydrogen-bond acceptors (Lipinski definition) is 2. The molecular weight excluding hydrogens is 120 g/mol. The van der Waals surface area contributed by atoms with Gasteiger partial charge in [0.25, 0.3) is 0 Å². The van der Waals surface area contributed by atoms with Crippen LogP contribution in [0.25, 0.3) is 0 Å². The molecule has 0 saturated carbocycles. The Morgan fingerprint density at radius 2 is 2.11 bits per heavy atom. The Morgan fingerprint density at radius 3 is 2.56 bits per heavy atom. The minimum atomic E-state index is -0.411. The van der Waals surface area contributed by atoms with Crippen molar-refractivity contribution >= 4 is 11.9 Å². The molecule has 1 saturated heterocycles. The van der Waals surface area contributed by atoms with Crippen LogP contribution in [0, 0.1) is 5.92 Å². The van der Waals surface area contributed by atoms with Gasteiger partial charge in [-0.1, -0.05) is 0 Å². The van der Waals surface area contributed by atoms with Gasteiger partial charge in [0.15, 0.2) is 0 Å². The molecule has 1 fully saturated rings. The highest BCUT2D eigenvalue weighted by Crippen LogP contribution is 1.98. The maximum absolute atomic E-state index is 10.6. The van der Waals surface area contributed by atoms with Crippen molar-refractivity contribution in [3.05, 3.63) is 5.92 Å². The van der Waals surface area contributed by atoms with Gasteiger partial charge in [-0.2, -0.15) is 0 Å². The number of hydrogen-bond donors (Lipinski definition) is 2. The van der Waals surface area contributed by atoms with E-state index >= 15 is 0 Å². The monoisotopic (exact) mass is 127 g/mol. The number of carbonyl (C=O) groups excluding carboxylic acids is 2. The maximum atomic E-state index is 10.6. The van der Waals surface area contributed by atoms with E-state index in [4.69, 9.17) is 0 Å². The molecule has 3 amide bonds. The Balaban J connectivity index is 2.54. The molecule has 0 aromatic heterocycles. The van der Waals surface area contributed by atoms with E-state index in [1.807, 2.05) is 0 Å². The molecule has 2 N–H and O–H groups in total. The van der Waals surface area contributed by atoms with Crippen molar-refractivity contribution in [3.63, 3.8) is 0 Å². The van der Waals surface area contributed by atoms with Crippen molar-refractivity contribution in [1.29, 1.82) is 0 Å². The van der Waals surface area contributed by atoms with E-state index in [9.17, 15) is 9.59 Å². The first-order valence-electron chi connectivity index (χ1n) is 2.62. The van der Waals surface area contributed by atoms with Crippen LogP contribution < -0.4 is 10.6 Å². The summed E-state index contributed by atoms with van der Waals surface area (Å²) in [6.45, 7) is 2.04. The zero-order valence-electron chi connectivity index (χ0n) is 5.02. The molecule has 49 valence electrons. The Labute approximate surface area is 52.6 Å². The van der Waals surface area contributed by atoms with E-state index in [1.165, 1.54) is 0 Å². The highest BCUT2D eigenvalue weighted by Gasteiger charge is 2.21. The fraction of sp³-hybridized carbons (Fsp3) is 0.400. The van der Waals surface area contributed by atoms with Crippen LogP contribution >= 0.6 is 0 Å². The quantitative estimate of drug-likeness (QED) is 0.457. The van der Waals surface area contributed by atoms with E-state index in [0.29, 0.717) is 12.5 Å². The lowest BCUT2D eigenvalue weighted by Crippen LogP contribution is -2.50. The van der Waals surface area contributed by atoms with Crippen molar-refractivity contribution in [1.82, 2.24) is 10.6 Å². The van der Waals surface area contributed by atoms with E-state index in [2.05, 4.69) is 10.6 Å². The number of nitrogens with one attached hydrogen (secondary N) is 2. The fourth-order valence-corrected chi connectivity index (χ4v) is 0.547. The third-order valence-electron chi connectivity index (χ3n) is 1.13. The van der Waals surface area contributed by atoms with Crippen LogP contribution in [0.1, 0.15) is 6.92 Å². The van der Waals surface area contributed by atoms with E-state index in [0.717, 1.165) is 0 Å². The summed E-state index contributed by atoms with van der Waals surface area (Å²) >= 11 is 0. The van der Waals surface area contributed by atoms with Crippen molar-refractivity contribution in [2.45, 2.75) is 6.92 Å². The van der Waals surface area contributed by atoms with E-state index in [-0.39, 0.29) is 5.91 Å². The maximum Gasteiger partial charge on any atom is 0.321 e. The first-order chi connectivity index (χ1) is 4.20. The summed E-state index contributed by atoms with van der Waals surface area (Å²) < 4.78 is 0. The summed E-state index contributed by atoms with van der Waals surface area (Å²) in [7, 11) is 0. The van der Waals surface area contributed by atoms with Gasteiger partial charge >= 0.3 is 6.03 Å². The molecule has 1 rings (SSSR count). The van der Waals surface area contributed by atoms with Crippen LogP contribution in [0.3, 0.4) is 0 Å². The molecule has 1 heterocycles. The Bertz CT molecular complexity index is 155. The van der Waals surface area contributed by atoms with Gasteiger partial charge < -0.3 is 5.32 Å². The predicted octanol–water partition coefficient (Wildman–Crippen LogP) is -0.580. The van der Waals surface area contributed by atoms with Crippen LogP contribution in [0.15, 0.2) is 0 Å². The molecule has 1 aliphatic heterocycles. The first-order valence-corrected chi connectivity index (χ1v) is 2.62. The van der Waals surface area contributed by atoms with E-state index in [1.54, 1.807) is 6.92 Å². The normalized spacial score (nSPS) is 21.0. The lowest BCUT2D eigenvalue weighted by Gasteiger charge is -2.16. The lowest BCUT2D eigenvalue weighted by atomic mass is 10.1. The smallest absolute Gasteiger partial charge is 0.321 e. The Hall–Kier alpha value is -1.06. The zero-order valence-corrected chi connectivity index (χ0v) is 5.02. The number of amides is 3. The zero-order chi connectivity index (χ0) is 6.85. The average molecular weight is 127 g/mol. The molecular formula is C5H7N2O2. The molecule has 0 bridgehead atoms. The summed E-state index contributed by atoms with van der Waals surface area (Å²) in [6.07, 6.45) is 0. The third-order valence-corrected chi connectivity index (χ3v) is 1.13. The molecule has 0 unspecified atom stereocenters. The first kappa shape index (κ1) is 6.07. The van der Waals surface area contributed by atoms with Crippen molar-refractivity contribution < 1.29 is 9.59 Å². The van der Waals surface area contributed by atoms with Crippen LogP contribution in [0.4, 0.5) is 4.79 Å². The van der Waals surface area contributed by atoms with Crippen molar-refractivity contribution in [2.24, 2.45) is 0 Å². The van der Waals surface area contributed by atoms with Crippen LogP contribution in [0.5, 0.6) is 0 Å².